The molecule has 24 heavy (non-hydrogen) atoms. The van der Waals surface area contributed by atoms with Gasteiger partial charge in [-0.25, -0.2) is 0 Å². The SMILES string of the molecule is O=C(CN1CCC(O)(c2ccccc2)CC1)c1ccc(O)cc1O. The summed E-state index contributed by atoms with van der Waals surface area (Å²) in [5.41, 5.74) is 0.269. The minimum absolute atomic E-state index is 0.0741. The van der Waals surface area contributed by atoms with Gasteiger partial charge in [-0.2, -0.15) is 0 Å². The van der Waals surface area contributed by atoms with Gasteiger partial charge in [0.2, 0.25) is 0 Å². The van der Waals surface area contributed by atoms with Gasteiger partial charge in [-0.1, -0.05) is 30.3 Å². The lowest BCUT2D eigenvalue weighted by molar-refractivity contribution is -0.0245. The zero-order valence-corrected chi connectivity index (χ0v) is 13.4. The molecule has 0 saturated carbocycles. The molecule has 2 aromatic rings. The average Bonchev–Trinajstić information content (AvgIpc) is 2.58. The number of carbonyl (C=O) groups is 1. The predicted molar refractivity (Wildman–Crippen MR) is 90.1 cm³/mol. The molecular formula is C19H21NO4. The lowest BCUT2D eigenvalue weighted by atomic mass is 9.84. The zero-order chi connectivity index (χ0) is 17.2. The molecule has 1 heterocycles. The predicted octanol–water partition coefficient (Wildman–Crippen LogP) is 2.26. The number of aliphatic hydroxyl groups is 1. The average molecular weight is 327 g/mol. The molecule has 0 bridgehead atoms. The number of benzene rings is 2. The monoisotopic (exact) mass is 327 g/mol. The molecule has 0 spiro atoms. The zero-order valence-electron chi connectivity index (χ0n) is 13.4. The fourth-order valence-corrected chi connectivity index (χ4v) is 3.16. The largest absolute Gasteiger partial charge is 0.508 e. The van der Waals surface area contributed by atoms with E-state index in [2.05, 4.69) is 0 Å². The molecule has 1 aliphatic heterocycles. The maximum Gasteiger partial charge on any atom is 0.180 e. The van der Waals surface area contributed by atoms with Crippen LogP contribution in [0.25, 0.3) is 0 Å². The van der Waals surface area contributed by atoms with Gasteiger partial charge in [0.25, 0.3) is 0 Å². The van der Waals surface area contributed by atoms with Gasteiger partial charge in [-0.3, -0.25) is 9.69 Å². The van der Waals surface area contributed by atoms with Crippen LogP contribution in [-0.2, 0) is 5.60 Å². The highest BCUT2D eigenvalue weighted by atomic mass is 16.3. The van der Waals surface area contributed by atoms with Crippen LogP contribution in [0.4, 0.5) is 0 Å². The van der Waals surface area contributed by atoms with Crippen LogP contribution in [-0.4, -0.2) is 45.6 Å². The summed E-state index contributed by atoms with van der Waals surface area (Å²) in [7, 11) is 0. The van der Waals surface area contributed by atoms with Gasteiger partial charge in [-0.15, -0.1) is 0 Å². The third-order valence-electron chi connectivity index (χ3n) is 4.64. The van der Waals surface area contributed by atoms with Gasteiger partial charge in [0, 0.05) is 19.2 Å². The van der Waals surface area contributed by atoms with E-state index in [1.807, 2.05) is 35.2 Å². The molecular weight excluding hydrogens is 306 g/mol. The van der Waals surface area contributed by atoms with E-state index >= 15 is 0 Å². The lowest BCUT2D eigenvalue weighted by Crippen LogP contribution is -2.44. The van der Waals surface area contributed by atoms with Crippen molar-refractivity contribution < 1.29 is 20.1 Å². The van der Waals surface area contributed by atoms with E-state index in [9.17, 15) is 20.1 Å². The summed E-state index contributed by atoms with van der Waals surface area (Å²) < 4.78 is 0. The fourth-order valence-electron chi connectivity index (χ4n) is 3.16. The smallest absolute Gasteiger partial charge is 0.180 e. The van der Waals surface area contributed by atoms with E-state index in [1.54, 1.807) is 0 Å². The van der Waals surface area contributed by atoms with Crippen molar-refractivity contribution >= 4 is 5.78 Å². The van der Waals surface area contributed by atoms with Gasteiger partial charge >= 0.3 is 0 Å². The highest BCUT2D eigenvalue weighted by Crippen LogP contribution is 2.32. The number of likely N-dealkylation sites (tertiary alicyclic amines) is 1. The molecule has 5 heteroatoms. The molecule has 0 aliphatic carbocycles. The molecule has 2 aromatic carbocycles. The summed E-state index contributed by atoms with van der Waals surface area (Å²) in [5.74, 6) is -0.481. The van der Waals surface area contributed by atoms with Crippen molar-refractivity contribution in [2.75, 3.05) is 19.6 Å². The number of phenolic OH excluding ortho intramolecular Hbond substituents is 2. The first-order valence-electron chi connectivity index (χ1n) is 8.03. The van der Waals surface area contributed by atoms with E-state index in [0.29, 0.717) is 25.9 Å². The van der Waals surface area contributed by atoms with E-state index in [4.69, 9.17) is 0 Å². The molecule has 1 aliphatic rings. The number of ketones is 1. The molecule has 1 saturated heterocycles. The Bertz CT molecular complexity index is 721. The van der Waals surface area contributed by atoms with Crippen LogP contribution in [0, 0.1) is 0 Å². The van der Waals surface area contributed by atoms with Crippen LogP contribution in [0.1, 0.15) is 28.8 Å². The maximum absolute atomic E-state index is 12.3. The normalized spacial score (nSPS) is 17.5. The molecule has 126 valence electrons. The number of aromatic hydroxyl groups is 2. The first-order valence-corrected chi connectivity index (χ1v) is 8.03. The van der Waals surface area contributed by atoms with Gasteiger partial charge in [0.1, 0.15) is 11.5 Å². The molecule has 5 nitrogen and oxygen atoms in total. The summed E-state index contributed by atoms with van der Waals surface area (Å²) >= 11 is 0. The summed E-state index contributed by atoms with van der Waals surface area (Å²) in [6.45, 7) is 1.40. The minimum Gasteiger partial charge on any atom is -0.508 e. The number of hydrogen-bond donors (Lipinski definition) is 3. The van der Waals surface area contributed by atoms with Crippen molar-refractivity contribution in [3.8, 4) is 11.5 Å². The van der Waals surface area contributed by atoms with Crippen molar-refractivity contribution in [3.05, 3.63) is 59.7 Å². The molecule has 3 N–H and O–H groups in total. The topological polar surface area (TPSA) is 81.0 Å². The van der Waals surface area contributed by atoms with Crippen molar-refractivity contribution in [2.24, 2.45) is 0 Å². The number of nitrogens with zero attached hydrogens (tertiary/aromatic N) is 1. The van der Waals surface area contributed by atoms with Crippen molar-refractivity contribution in [2.45, 2.75) is 18.4 Å². The number of rotatable bonds is 4. The van der Waals surface area contributed by atoms with Crippen LogP contribution >= 0.6 is 0 Å². The molecule has 0 amide bonds. The molecule has 0 radical (unpaired) electrons. The second kappa shape index (κ2) is 6.63. The van der Waals surface area contributed by atoms with Gasteiger partial charge in [-0.05, 0) is 30.5 Å². The maximum atomic E-state index is 12.3. The molecule has 3 rings (SSSR count). The Hall–Kier alpha value is -2.37. The van der Waals surface area contributed by atoms with Crippen molar-refractivity contribution in [1.82, 2.24) is 4.90 Å². The Morgan fingerprint density at radius 1 is 1.04 bits per heavy atom. The Labute approximate surface area is 140 Å². The second-order valence-electron chi connectivity index (χ2n) is 6.30. The molecule has 0 atom stereocenters. The highest BCUT2D eigenvalue weighted by molar-refractivity contribution is 6.00. The van der Waals surface area contributed by atoms with E-state index in [0.717, 1.165) is 11.6 Å². The Balaban J connectivity index is 1.62. The second-order valence-corrected chi connectivity index (χ2v) is 6.30. The Kier molecular flexibility index (Phi) is 4.55. The van der Waals surface area contributed by atoms with Crippen LogP contribution in [0.3, 0.4) is 0 Å². The third-order valence-corrected chi connectivity index (χ3v) is 4.64. The standard InChI is InChI=1S/C19H21NO4/c21-15-6-7-16(17(22)12-15)18(23)13-20-10-8-19(24,9-11-20)14-4-2-1-3-5-14/h1-7,12,21-22,24H,8-11,13H2. The van der Waals surface area contributed by atoms with E-state index in [1.165, 1.54) is 12.1 Å². The quantitative estimate of drug-likeness (QED) is 0.751. The highest BCUT2D eigenvalue weighted by Gasteiger charge is 2.34. The van der Waals surface area contributed by atoms with Crippen molar-refractivity contribution in [1.29, 1.82) is 0 Å². The Morgan fingerprint density at radius 3 is 2.33 bits per heavy atom. The van der Waals surface area contributed by atoms with Gasteiger partial charge in [0.05, 0.1) is 17.7 Å². The number of carbonyl (C=O) groups excluding carboxylic acids is 1. The minimum atomic E-state index is -0.846. The van der Waals surface area contributed by atoms with E-state index < -0.39 is 5.60 Å². The van der Waals surface area contributed by atoms with Crippen LogP contribution < -0.4 is 0 Å². The van der Waals surface area contributed by atoms with Gasteiger partial charge in [0.15, 0.2) is 5.78 Å². The number of Topliss-reactive ketones (excluding diaryl/α,β-unsaturated/α-hetero) is 1. The summed E-state index contributed by atoms with van der Waals surface area (Å²) in [4.78, 5) is 14.3. The molecule has 0 aromatic heterocycles. The van der Waals surface area contributed by atoms with Gasteiger partial charge < -0.3 is 15.3 Å². The summed E-state index contributed by atoms with van der Waals surface area (Å²) in [6.07, 6.45) is 1.12. The molecule has 1 fully saturated rings. The summed E-state index contributed by atoms with van der Waals surface area (Å²) in [6, 6.07) is 13.6. The number of hydrogen-bond acceptors (Lipinski definition) is 5. The first kappa shape index (κ1) is 16.5. The van der Waals surface area contributed by atoms with E-state index in [-0.39, 0.29) is 29.4 Å². The van der Waals surface area contributed by atoms with Crippen molar-refractivity contribution in [3.63, 3.8) is 0 Å². The lowest BCUT2D eigenvalue weighted by Gasteiger charge is -2.38. The van der Waals surface area contributed by atoms with Crippen LogP contribution in [0.15, 0.2) is 48.5 Å². The third kappa shape index (κ3) is 3.42. The first-order chi connectivity index (χ1) is 11.5. The van der Waals surface area contributed by atoms with Crippen LogP contribution in [0.2, 0.25) is 0 Å². The number of piperidine rings is 1. The summed E-state index contributed by atoms with van der Waals surface area (Å²) in [5, 5.41) is 29.9. The molecule has 0 unspecified atom stereocenters. The van der Waals surface area contributed by atoms with Crippen LogP contribution in [0.5, 0.6) is 11.5 Å². The number of phenols is 2. The Morgan fingerprint density at radius 2 is 1.71 bits per heavy atom. The fraction of sp³-hybridized carbons (Fsp3) is 0.316.